The smallest absolute Gasteiger partial charge is 0.134 e. The van der Waals surface area contributed by atoms with Crippen LogP contribution in [0.2, 0.25) is 0 Å². The van der Waals surface area contributed by atoms with E-state index in [-0.39, 0.29) is 12.6 Å². The monoisotopic (exact) mass is 252 g/mol. The highest BCUT2D eigenvalue weighted by molar-refractivity contribution is 5.57. The lowest BCUT2D eigenvalue weighted by Crippen LogP contribution is -2.19. The van der Waals surface area contributed by atoms with Crippen LogP contribution in [0.25, 0.3) is 0 Å². The van der Waals surface area contributed by atoms with Gasteiger partial charge in [0, 0.05) is 24.8 Å². The number of nitrogens with zero attached hydrogens (tertiary/aromatic N) is 2. The predicted molar refractivity (Wildman–Crippen MR) is 75.0 cm³/mol. The highest BCUT2D eigenvalue weighted by Crippen LogP contribution is 2.21. The van der Waals surface area contributed by atoms with E-state index < -0.39 is 0 Å². The van der Waals surface area contributed by atoms with Crippen molar-refractivity contribution in [2.45, 2.75) is 46.1 Å². The molecule has 0 aliphatic heterocycles. The standard InChI is InChI=1S/C13H24N4O/c1-4-7-14-12-11(5-2)13(16-9-15-12)17-10(3)6-8-18/h9-10,18H,4-8H2,1-3H3,(H2,14,15,16,17). The second-order valence-electron chi connectivity index (χ2n) is 4.39. The zero-order valence-electron chi connectivity index (χ0n) is 11.5. The van der Waals surface area contributed by atoms with E-state index in [4.69, 9.17) is 5.11 Å². The lowest BCUT2D eigenvalue weighted by atomic mass is 10.2. The molecule has 1 heterocycles. The van der Waals surface area contributed by atoms with Gasteiger partial charge in [-0.2, -0.15) is 0 Å². The molecule has 0 amide bonds. The van der Waals surface area contributed by atoms with Gasteiger partial charge in [0.05, 0.1) is 0 Å². The van der Waals surface area contributed by atoms with Gasteiger partial charge in [0.2, 0.25) is 0 Å². The second-order valence-corrected chi connectivity index (χ2v) is 4.39. The number of nitrogens with one attached hydrogen (secondary N) is 2. The first-order chi connectivity index (χ1) is 8.72. The van der Waals surface area contributed by atoms with Crippen molar-refractivity contribution >= 4 is 11.6 Å². The van der Waals surface area contributed by atoms with Crippen molar-refractivity contribution in [2.75, 3.05) is 23.8 Å². The highest BCUT2D eigenvalue weighted by atomic mass is 16.3. The largest absolute Gasteiger partial charge is 0.396 e. The Kier molecular flexibility index (Phi) is 6.43. The number of hydrogen-bond donors (Lipinski definition) is 3. The van der Waals surface area contributed by atoms with Gasteiger partial charge in [0.15, 0.2) is 0 Å². The molecule has 1 atom stereocenters. The Morgan fingerprint density at radius 1 is 1.28 bits per heavy atom. The van der Waals surface area contributed by atoms with Crippen LogP contribution in [0, 0.1) is 0 Å². The molecule has 0 radical (unpaired) electrons. The SMILES string of the molecule is CCCNc1ncnc(NC(C)CCO)c1CC. The fourth-order valence-corrected chi connectivity index (χ4v) is 1.77. The minimum atomic E-state index is 0.182. The number of anilines is 2. The van der Waals surface area contributed by atoms with E-state index in [2.05, 4.69) is 34.4 Å². The Labute approximate surface area is 109 Å². The Balaban J connectivity index is 2.83. The van der Waals surface area contributed by atoms with Crippen LogP contribution in [0.5, 0.6) is 0 Å². The molecular formula is C13H24N4O. The summed E-state index contributed by atoms with van der Waals surface area (Å²) in [6.45, 7) is 7.36. The topological polar surface area (TPSA) is 70.1 Å². The quantitative estimate of drug-likeness (QED) is 0.660. The van der Waals surface area contributed by atoms with Gasteiger partial charge < -0.3 is 15.7 Å². The first-order valence-electron chi connectivity index (χ1n) is 6.68. The average Bonchev–Trinajstić information content (AvgIpc) is 2.36. The Morgan fingerprint density at radius 2 is 2.00 bits per heavy atom. The zero-order chi connectivity index (χ0) is 13.4. The first kappa shape index (κ1) is 14.7. The summed E-state index contributed by atoms with van der Waals surface area (Å²) in [5.74, 6) is 1.78. The third-order valence-corrected chi connectivity index (χ3v) is 2.79. The minimum absolute atomic E-state index is 0.182. The van der Waals surface area contributed by atoms with Crippen molar-refractivity contribution in [1.29, 1.82) is 0 Å². The number of aliphatic hydroxyl groups is 1. The Hall–Kier alpha value is -1.36. The van der Waals surface area contributed by atoms with Crippen LogP contribution in [0.1, 0.15) is 39.2 Å². The van der Waals surface area contributed by atoms with E-state index in [1.165, 1.54) is 0 Å². The van der Waals surface area contributed by atoms with E-state index in [0.717, 1.165) is 36.6 Å². The highest BCUT2D eigenvalue weighted by Gasteiger charge is 2.11. The van der Waals surface area contributed by atoms with E-state index in [1.807, 2.05) is 6.92 Å². The van der Waals surface area contributed by atoms with Crippen molar-refractivity contribution < 1.29 is 5.11 Å². The minimum Gasteiger partial charge on any atom is -0.396 e. The van der Waals surface area contributed by atoms with Crippen molar-refractivity contribution in [2.24, 2.45) is 0 Å². The molecule has 1 rings (SSSR count). The molecule has 1 aromatic heterocycles. The van der Waals surface area contributed by atoms with Crippen LogP contribution in [-0.4, -0.2) is 34.3 Å². The van der Waals surface area contributed by atoms with Crippen molar-refractivity contribution in [3.8, 4) is 0 Å². The molecule has 1 unspecified atom stereocenters. The number of aliphatic hydroxyl groups excluding tert-OH is 1. The number of hydrogen-bond acceptors (Lipinski definition) is 5. The zero-order valence-corrected chi connectivity index (χ0v) is 11.5. The first-order valence-corrected chi connectivity index (χ1v) is 6.68. The maximum absolute atomic E-state index is 8.93. The molecule has 5 nitrogen and oxygen atoms in total. The molecule has 0 spiro atoms. The second kappa shape index (κ2) is 7.87. The van der Waals surface area contributed by atoms with Gasteiger partial charge in [0.1, 0.15) is 18.0 Å². The third kappa shape index (κ3) is 4.14. The van der Waals surface area contributed by atoms with Crippen LogP contribution in [0.3, 0.4) is 0 Å². The normalized spacial score (nSPS) is 12.2. The van der Waals surface area contributed by atoms with Gasteiger partial charge in [-0.25, -0.2) is 9.97 Å². The summed E-state index contributed by atoms with van der Waals surface area (Å²) >= 11 is 0. The number of aromatic nitrogens is 2. The molecule has 5 heteroatoms. The molecule has 18 heavy (non-hydrogen) atoms. The van der Waals surface area contributed by atoms with E-state index >= 15 is 0 Å². The van der Waals surface area contributed by atoms with Gasteiger partial charge in [-0.15, -0.1) is 0 Å². The summed E-state index contributed by atoms with van der Waals surface area (Å²) in [4.78, 5) is 8.59. The summed E-state index contributed by atoms with van der Waals surface area (Å²) in [6, 6.07) is 0.203. The fourth-order valence-electron chi connectivity index (χ4n) is 1.77. The maximum atomic E-state index is 8.93. The van der Waals surface area contributed by atoms with Gasteiger partial charge in [-0.05, 0) is 26.2 Å². The molecule has 102 valence electrons. The van der Waals surface area contributed by atoms with Crippen molar-refractivity contribution in [3.63, 3.8) is 0 Å². The molecular weight excluding hydrogens is 228 g/mol. The molecule has 1 aromatic rings. The molecule has 0 aliphatic carbocycles. The molecule has 0 bridgehead atoms. The summed E-state index contributed by atoms with van der Waals surface area (Å²) in [5, 5.41) is 15.6. The van der Waals surface area contributed by atoms with Crippen LogP contribution in [0.4, 0.5) is 11.6 Å². The Bertz CT molecular complexity index is 357. The van der Waals surface area contributed by atoms with Crippen LogP contribution < -0.4 is 10.6 Å². The summed E-state index contributed by atoms with van der Waals surface area (Å²) < 4.78 is 0. The molecule has 0 fully saturated rings. The summed E-state index contributed by atoms with van der Waals surface area (Å²) in [6.07, 6.45) is 4.23. The lowest BCUT2D eigenvalue weighted by molar-refractivity contribution is 0.282. The maximum Gasteiger partial charge on any atom is 0.134 e. The summed E-state index contributed by atoms with van der Waals surface area (Å²) in [7, 11) is 0. The van der Waals surface area contributed by atoms with Crippen LogP contribution in [-0.2, 0) is 6.42 Å². The van der Waals surface area contributed by atoms with E-state index in [9.17, 15) is 0 Å². The molecule has 0 aromatic carbocycles. The average molecular weight is 252 g/mol. The third-order valence-electron chi connectivity index (χ3n) is 2.79. The molecule has 0 saturated heterocycles. The van der Waals surface area contributed by atoms with Crippen LogP contribution >= 0.6 is 0 Å². The van der Waals surface area contributed by atoms with Crippen molar-refractivity contribution in [3.05, 3.63) is 11.9 Å². The molecule has 3 N–H and O–H groups in total. The Morgan fingerprint density at radius 3 is 2.61 bits per heavy atom. The molecule has 0 saturated carbocycles. The van der Waals surface area contributed by atoms with Gasteiger partial charge in [-0.1, -0.05) is 13.8 Å². The van der Waals surface area contributed by atoms with E-state index in [1.54, 1.807) is 6.33 Å². The van der Waals surface area contributed by atoms with Crippen LogP contribution in [0.15, 0.2) is 6.33 Å². The van der Waals surface area contributed by atoms with Gasteiger partial charge in [-0.3, -0.25) is 0 Å². The van der Waals surface area contributed by atoms with Gasteiger partial charge >= 0.3 is 0 Å². The fraction of sp³-hybridized carbons (Fsp3) is 0.692. The van der Waals surface area contributed by atoms with Gasteiger partial charge in [0.25, 0.3) is 0 Å². The summed E-state index contributed by atoms with van der Waals surface area (Å²) in [5.41, 5.74) is 1.11. The predicted octanol–water partition coefficient (Wildman–Crippen LogP) is 2.04. The molecule has 0 aliphatic rings. The van der Waals surface area contributed by atoms with Crippen molar-refractivity contribution in [1.82, 2.24) is 9.97 Å². The number of rotatable bonds is 8. The lowest BCUT2D eigenvalue weighted by Gasteiger charge is -2.17. The van der Waals surface area contributed by atoms with E-state index in [0.29, 0.717) is 6.42 Å².